The zero-order valence-electron chi connectivity index (χ0n) is 11.2. The van der Waals surface area contributed by atoms with E-state index in [4.69, 9.17) is 16.3 Å². The molecule has 0 radical (unpaired) electrons. The van der Waals surface area contributed by atoms with E-state index < -0.39 is 0 Å². The van der Waals surface area contributed by atoms with E-state index in [2.05, 4.69) is 41.1 Å². The first-order chi connectivity index (χ1) is 9.02. The van der Waals surface area contributed by atoms with Gasteiger partial charge in [-0.1, -0.05) is 34.1 Å². The van der Waals surface area contributed by atoms with Gasteiger partial charge in [0.25, 0.3) is 0 Å². The van der Waals surface area contributed by atoms with Gasteiger partial charge in [0.05, 0.1) is 12.5 Å². The van der Waals surface area contributed by atoms with Crippen molar-refractivity contribution in [1.29, 1.82) is 0 Å². The number of hydrogen-bond acceptors (Lipinski definition) is 1. The molecule has 0 aromatic heterocycles. The van der Waals surface area contributed by atoms with Crippen LogP contribution in [-0.2, 0) is 0 Å². The summed E-state index contributed by atoms with van der Waals surface area (Å²) < 4.78 is 6.32. The van der Waals surface area contributed by atoms with Crippen molar-refractivity contribution in [3.05, 3.63) is 63.1 Å². The molecule has 1 nitrogen and oxygen atoms in total. The number of methoxy groups -OCH3 is 1. The summed E-state index contributed by atoms with van der Waals surface area (Å²) in [5.41, 5.74) is 4.50. The number of hydrogen-bond donors (Lipinski definition) is 0. The molecule has 1 atom stereocenters. The van der Waals surface area contributed by atoms with Crippen molar-refractivity contribution in [3.63, 3.8) is 0 Å². The Morgan fingerprint density at radius 1 is 1.05 bits per heavy atom. The lowest BCUT2D eigenvalue weighted by molar-refractivity contribution is 0.411. The molecule has 2 rings (SSSR count). The zero-order chi connectivity index (χ0) is 14.0. The van der Waals surface area contributed by atoms with Gasteiger partial charge >= 0.3 is 0 Å². The van der Waals surface area contributed by atoms with Gasteiger partial charge in [0.1, 0.15) is 5.75 Å². The van der Waals surface area contributed by atoms with E-state index in [0.29, 0.717) is 0 Å². The van der Waals surface area contributed by atoms with Crippen molar-refractivity contribution in [2.75, 3.05) is 7.11 Å². The van der Waals surface area contributed by atoms with Gasteiger partial charge in [0.2, 0.25) is 0 Å². The molecular weight excluding hydrogens is 324 g/mol. The van der Waals surface area contributed by atoms with Crippen LogP contribution in [0.5, 0.6) is 5.75 Å². The van der Waals surface area contributed by atoms with Crippen LogP contribution in [0.3, 0.4) is 0 Å². The predicted molar refractivity (Wildman–Crippen MR) is 84.3 cm³/mol. The van der Waals surface area contributed by atoms with E-state index in [-0.39, 0.29) is 5.38 Å². The fourth-order valence-corrected chi connectivity index (χ4v) is 2.87. The predicted octanol–water partition coefficient (Wildman–Crippen LogP) is 5.40. The Labute approximate surface area is 127 Å². The Morgan fingerprint density at radius 2 is 1.79 bits per heavy atom. The Kier molecular flexibility index (Phi) is 4.54. The maximum atomic E-state index is 6.61. The molecule has 3 heteroatoms. The molecule has 0 aliphatic rings. The number of alkyl halides is 1. The quantitative estimate of drug-likeness (QED) is 0.680. The van der Waals surface area contributed by atoms with Gasteiger partial charge < -0.3 is 4.74 Å². The molecule has 0 saturated carbocycles. The summed E-state index contributed by atoms with van der Waals surface area (Å²) in [4.78, 5) is 0. The second-order valence-electron chi connectivity index (χ2n) is 4.59. The highest BCUT2D eigenvalue weighted by atomic mass is 79.9. The number of benzene rings is 2. The maximum Gasteiger partial charge on any atom is 0.121 e. The van der Waals surface area contributed by atoms with Gasteiger partial charge in [0.15, 0.2) is 0 Å². The second-order valence-corrected chi connectivity index (χ2v) is 5.94. The average Bonchev–Trinajstić information content (AvgIpc) is 2.40. The number of aryl methyl sites for hydroxylation is 2. The van der Waals surface area contributed by atoms with Crippen LogP contribution in [-0.4, -0.2) is 7.11 Å². The highest BCUT2D eigenvalue weighted by Gasteiger charge is 2.14. The first-order valence-electron chi connectivity index (χ1n) is 6.07. The first kappa shape index (κ1) is 14.4. The molecule has 1 unspecified atom stereocenters. The van der Waals surface area contributed by atoms with Gasteiger partial charge in [-0.05, 0) is 54.3 Å². The normalized spacial score (nSPS) is 12.3. The third kappa shape index (κ3) is 3.13. The van der Waals surface area contributed by atoms with Crippen molar-refractivity contribution < 1.29 is 4.74 Å². The van der Waals surface area contributed by atoms with E-state index in [0.717, 1.165) is 26.9 Å². The highest BCUT2D eigenvalue weighted by Crippen LogP contribution is 2.34. The fourth-order valence-electron chi connectivity index (χ4n) is 2.12. The smallest absolute Gasteiger partial charge is 0.121 e. The van der Waals surface area contributed by atoms with E-state index in [9.17, 15) is 0 Å². The van der Waals surface area contributed by atoms with Crippen molar-refractivity contribution in [2.24, 2.45) is 0 Å². The van der Waals surface area contributed by atoms with Crippen molar-refractivity contribution >= 4 is 27.5 Å². The molecule has 0 saturated heterocycles. The van der Waals surface area contributed by atoms with Gasteiger partial charge in [0, 0.05) is 4.47 Å². The summed E-state index contributed by atoms with van der Waals surface area (Å²) in [5, 5.41) is -0.151. The fraction of sp³-hybridized carbons (Fsp3) is 0.250. The summed E-state index contributed by atoms with van der Waals surface area (Å²) in [6.07, 6.45) is 0. The number of ether oxygens (including phenoxy) is 1. The number of rotatable bonds is 3. The van der Waals surface area contributed by atoms with E-state index in [1.165, 1.54) is 5.56 Å². The lowest BCUT2D eigenvalue weighted by Crippen LogP contribution is -1.98. The van der Waals surface area contributed by atoms with Gasteiger partial charge in [-0.25, -0.2) is 0 Å². The first-order valence-corrected chi connectivity index (χ1v) is 7.30. The molecule has 19 heavy (non-hydrogen) atoms. The van der Waals surface area contributed by atoms with Crippen LogP contribution < -0.4 is 4.74 Å². The molecular formula is C16H16BrClO. The summed E-state index contributed by atoms with van der Waals surface area (Å²) >= 11 is 10.1. The molecule has 2 aromatic carbocycles. The summed E-state index contributed by atoms with van der Waals surface area (Å²) in [5.74, 6) is 0.888. The molecule has 0 fully saturated rings. The summed E-state index contributed by atoms with van der Waals surface area (Å²) in [6, 6.07) is 12.2. The van der Waals surface area contributed by atoms with Crippen LogP contribution in [0.1, 0.15) is 27.6 Å². The van der Waals surface area contributed by atoms with Crippen molar-refractivity contribution in [1.82, 2.24) is 0 Å². The summed E-state index contributed by atoms with van der Waals surface area (Å²) in [7, 11) is 1.68. The van der Waals surface area contributed by atoms with Crippen LogP contribution >= 0.6 is 27.5 Å². The molecule has 0 bridgehead atoms. The molecule has 100 valence electrons. The van der Waals surface area contributed by atoms with E-state index in [1.54, 1.807) is 7.11 Å². The van der Waals surface area contributed by atoms with Crippen LogP contribution in [0.15, 0.2) is 40.9 Å². The Bertz CT molecular complexity index is 595. The second kappa shape index (κ2) is 5.98. The molecule has 0 aliphatic carbocycles. The summed E-state index contributed by atoms with van der Waals surface area (Å²) in [6.45, 7) is 4.10. The minimum Gasteiger partial charge on any atom is -0.496 e. The SMILES string of the molecule is COc1ccc(C(Cl)c2cc(Br)ccc2C)cc1C. The van der Waals surface area contributed by atoms with E-state index in [1.807, 2.05) is 25.1 Å². The average molecular weight is 340 g/mol. The minimum atomic E-state index is -0.151. The third-order valence-corrected chi connectivity index (χ3v) is 4.21. The zero-order valence-corrected chi connectivity index (χ0v) is 13.5. The molecule has 0 heterocycles. The number of halogens is 2. The van der Waals surface area contributed by atoms with E-state index >= 15 is 0 Å². The maximum absolute atomic E-state index is 6.61. The Morgan fingerprint density at radius 3 is 2.42 bits per heavy atom. The Hall–Kier alpha value is -0.990. The topological polar surface area (TPSA) is 9.23 Å². The van der Waals surface area contributed by atoms with Crippen molar-refractivity contribution in [2.45, 2.75) is 19.2 Å². The van der Waals surface area contributed by atoms with Crippen LogP contribution in [0.25, 0.3) is 0 Å². The van der Waals surface area contributed by atoms with Crippen LogP contribution in [0, 0.1) is 13.8 Å². The molecule has 0 aliphatic heterocycles. The molecule has 0 spiro atoms. The van der Waals surface area contributed by atoms with Crippen molar-refractivity contribution in [3.8, 4) is 5.75 Å². The molecule has 2 aromatic rings. The van der Waals surface area contributed by atoms with Gasteiger partial charge in [-0.2, -0.15) is 0 Å². The lowest BCUT2D eigenvalue weighted by Gasteiger charge is -2.15. The minimum absolute atomic E-state index is 0.151. The van der Waals surface area contributed by atoms with Crippen LogP contribution in [0.2, 0.25) is 0 Å². The standard InChI is InChI=1S/C16H16BrClO/c1-10-4-6-13(17)9-14(10)16(18)12-5-7-15(19-3)11(2)8-12/h4-9,16H,1-3H3. The van der Waals surface area contributed by atoms with Crippen LogP contribution in [0.4, 0.5) is 0 Å². The van der Waals surface area contributed by atoms with Gasteiger partial charge in [-0.15, -0.1) is 11.6 Å². The molecule has 0 N–H and O–H groups in total. The monoisotopic (exact) mass is 338 g/mol. The highest BCUT2D eigenvalue weighted by molar-refractivity contribution is 9.10. The lowest BCUT2D eigenvalue weighted by atomic mass is 9.98. The third-order valence-electron chi connectivity index (χ3n) is 3.23. The Balaban J connectivity index is 2.41. The molecule has 0 amide bonds. The largest absolute Gasteiger partial charge is 0.496 e. The van der Waals surface area contributed by atoms with Gasteiger partial charge in [-0.3, -0.25) is 0 Å².